The van der Waals surface area contributed by atoms with Gasteiger partial charge in [-0.1, -0.05) is 32.9 Å². The standard InChI is InChI=1S/C18H24N4O/c1-18(2,3)16(23)11-20-10-15-12-22(4)21-17(15)14-7-5-13(9-19)6-8-14/h5-8,12,16,20,23H,10-11H2,1-4H3/t16-/m0/s1. The Bertz CT molecular complexity index is 689. The molecule has 0 amide bonds. The number of nitriles is 1. The number of nitrogens with one attached hydrogen (secondary N) is 1. The molecule has 0 saturated heterocycles. The van der Waals surface area contributed by atoms with Crippen LogP contribution in [0, 0.1) is 16.7 Å². The van der Waals surface area contributed by atoms with Gasteiger partial charge in [0.2, 0.25) is 0 Å². The summed E-state index contributed by atoms with van der Waals surface area (Å²) in [6.07, 6.45) is 1.57. The summed E-state index contributed by atoms with van der Waals surface area (Å²) in [5.41, 5.74) is 3.45. The average Bonchev–Trinajstić information content (AvgIpc) is 2.87. The summed E-state index contributed by atoms with van der Waals surface area (Å²) in [6.45, 7) is 7.23. The zero-order valence-electron chi connectivity index (χ0n) is 14.2. The molecule has 0 spiro atoms. The van der Waals surface area contributed by atoms with Gasteiger partial charge < -0.3 is 10.4 Å². The number of hydrogen-bond acceptors (Lipinski definition) is 4. The summed E-state index contributed by atoms with van der Waals surface area (Å²) in [5, 5.41) is 26.8. The number of aliphatic hydroxyl groups is 1. The Kier molecular flexibility index (Phi) is 5.19. The predicted octanol–water partition coefficient (Wildman–Crippen LogP) is 2.46. The van der Waals surface area contributed by atoms with E-state index < -0.39 is 6.10 Å². The van der Waals surface area contributed by atoms with E-state index in [4.69, 9.17) is 5.26 Å². The van der Waals surface area contributed by atoms with Gasteiger partial charge in [-0.25, -0.2) is 0 Å². The van der Waals surface area contributed by atoms with Crippen molar-refractivity contribution in [1.82, 2.24) is 15.1 Å². The molecule has 0 saturated carbocycles. The van der Waals surface area contributed by atoms with Crippen LogP contribution in [0.25, 0.3) is 11.3 Å². The second kappa shape index (κ2) is 6.95. The normalized spacial score (nSPS) is 12.9. The highest BCUT2D eigenvalue weighted by atomic mass is 16.3. The first-order valence-electron chi connectivity index (χ1n) is 7.73. The number of benzene rings is 1. The first-order chi connectivity index (χ1) is 10.8. The van der Waals surface area contributed by atoms with E-state index in [0.717, 1.165) is 16.8 Å². The molecule has 1 aromatic carbocycles. The lowest BCUT2D eigenvalue weighted by Crippen LogP contribution is -2.36. The average molecular weight is 312 g/mol. The van der Waals surface area contributed by atoms with Crippen LogP contribution < -0.4 is 5.32 Å². The smallest absolute Gasteiger partial charge is 0.0991 e. The molecule has 0 bridgehead atoms. The predicted molar refractivity (Wildman–Crippen MR) is 90.5 cm³/mol. The molecule has 2 rings (SSSR count). The molecular formula is C18H24N4O. The van der Waals surface area contributed by atoms with E-state index in [-0.39, 0.29) is 5.41 Å². The maximum Gasteiger partial charge on any atom is 0.0991 e. The lowest BCUT2D eigenvalue weighted by molar-refractivity contribution is 0.0628. The number of aliphatic hydroxyl groups excluding tert-OH is 1. The van der Waals surface area contributed by atoms with E-state index >= 15 is 0 Å². The molecule has 0 aliphatic rings. The van der Waals surface area contributed by atoms with Crippen molar-refractivity contribution in [2.24, 2.45) is 12.5 Å². The third-order valence-electron chi connectivity index (χ3n) is 3.84. The van der Waals surface area contributed by atoms with Crippen molar-refractivity contribution in [2.45, 2.75) is 33.4 Å². The van der Waals surface area contributed by atoms with Gasteiger partial charge in [-0.3, -0.25) is 4.68 Å². The molecule has 23 heavy (non-hydrogen) atoms. The minimum absolute atomic E-state index is 0.141. The van der Waals surface area contributed by atoms with Crippen molar-refractivity contribution in [2.75, 3.05) is 6.54 Å². The minimum atomic E-state index is -0.405. The molecule has 1 atom stereocenters. The maximum atomic E-state index is 10.1. The van der Waals surface area contributed by atoms with E-state index in [9.17, 15) is 5.11 Å². The quantitative estimate of drug-likeness (QED) is 0.889. The van der Waals surface area contributed by atoms with Gasteiger partial charge in [0.05, 0.1) is 23.4 Å². The highest BCUT2D eigenvalue weighted by Crippen LogP contribution is 2.23. The van der Waals surface area contributed by atoms with E-state index in [1.807, 2.05) is 46.1 Å². The second-order valence-electron chi connectivity index (χ2n) is 6.88. The largest absolute Gasteiger partial charge is 0.391 e. The van der Waals surface area contributed by atoms with Gasteiger partial charge in [-0.05, 0) is 17.5 Å². The number of aryl methyl sites for hydroxylation is 1. The molecule has 0 radical (unpaired) electrons. The van der Waals surface area contributed by atoms with Crippen LogP contribution in [0.3, 0.4) is 0 Å². The summed E-state index contributed by atoms with van der Waals surface area (Å²) in [4.78, 5) is 0. The van der Waals surface area contributed by atoms with Crippen LogP contribution in [0.1, 0.15) is 31.9 Å². The first-order valence-corrected chi connectivity index (χ1v) is 7.73. The van der Waals surface area contributed by atoms with Crippen molar-refractivity contribution in [3.63, 3.8) is 0 Å². The highest BCUT2D eigenvalue weighted by Gasteiger charge is 2.21. The highest BCUT2D eigenvalue weighted by molar-refractivity contribution is 5.63. The monoisotopic (exact) mass is 312 g/mol. The number of aromatic nitrogens is 2. The fourth-order valence-electron chi connectivity index (χ4n) is 2.26. The molecular weight excluding hydrogens is 288 g/mol. The first kappa shape index (κ1) is 17.2. The summed E-state index contributed by atoms with van der Waals surface area (Å²) in [6, 6.07) is 9.54. The lowest BCUT2D eigenvalue weighted by atomic mass is 9.89. The van der Waals surface area contributed by atoms with Crippen LogP contribution in [0.15, 0.2) is 30.5 Å². The number of rotatable bonds is 5. The molecule has 0 fully saturated rings. The van der Waals surface area contributed by atoms with Gasteiger partial charge in [0.15, 0.2) is 0 Å². The molecule has 0 aliphatic carbocycles. The van der Waals surface area contributed by atoms with Gasteiger partial charge in [-0.2, -0.15) is 10.4 Å². The summed E-state index contributed by atoms with van der Waals surface area (Å²) >= 11 is 0. The molecule has 5 heteroatoms. The topological polar surface area (TPSA) is 73.9 Å². The fraction of sp³-hybridized carbons (Fsp3) is 0.444. The third-order valence-corrected chi connectivity index (χ3v) is 3.84. The van der Waals surface area contributed by atoms with Crippen LogP contribution in [0.4, 0.5) is 0 Å². The summed E-state index contributed by atoms with van der Waals surface area (Å²) in [5.74, 6) is 0. The summed E-state index contributed by atoms with van der Waals surface area (Å²) < 4.78 is 1.78. The summed E-state index contributed by atoms with van der Waals surface area (Å²) in [7, 11) is 1.89. The molecule has 2 N–H and O–H groups in total. The van der Waals surface area contributed by atoms with Crippen LogP contribution in [-0.2, 0) is 13.6 Å². The third kappa shape index (κ3) is 4.41. The number of hydrogen-bond donors (Lipinski definition) is 2. The molecule has 2 aromatic rings. The Labute approximate surface area is 137 Å². The Hall–Kier alpha value is -2.16. The fourth-order valence-corrected chi connectivity index (χ4v) is 2.26. The van der Waals surface area contributed by atoms with Crippen LogP contribution in [0.2, 0.25) is 0 Å². The molecule has 1 aromatic heterocycles. The second-order valence-corrected chi connectivity index (χ2v) is 6.88. The lowest BCUT2D eigenvalue weighted by Gasteiger charge is -2.26. The Morgan fingerprint density at radius 1 is 1.30 bits per heavy atom. The maximum absolute atomic E-state index is 10.1. The van der Waals surface area contributed by atoms with Crippen LogP contribution >= 0.6 is 0 Å². The van der Waals surface area contributed by atoms with Gasteiger partial charge >= 0.3 is 0 Å². The molecule has 122 valence electrons. The van der Waals surface area contributed by atoms with Crippen molar-refractivity contribution in [3.8, 4) is 17.3 Å². The Morgan fingerprint density at radius 3 is 2.52 bits per heavy atom. The van der Waals surface area contributed by atoms with E-state index in [1.54, 1.807) is 16.8 Å². The van der Waals surface area contributed by atoms with Crippen LogP contribution in [-0.4, -0.2) is 27.5 Å². The van der Waals surface area contributed by atoms with Gasteiger partial charge in [0.25, 0.3) is 0 Å². The van der Waals surface area contributed by atoms with Gasteiger partial charge in [0.1, 0.15) is 0 Å². The van der Waals surface area contributed by atoms with Crippen molar-refractivity contribution < 1.29 is 5.11 Å². The van der Waals surface area contributed by atoms with Crippen molar-refractivity contribution in [3.05, 3.63) is 41.6 Å². The van der Waals surface area contributed by atoms with Crippen molar-refractivity contribution in [1.29, 1.82) is 5.26 Å². The van der Waals surface area contributed by atoms with Crippen molar-refractivity contribution >= 4 is 0 Å². The van der Waals surface area contributed by atoms with Gasteiger partial charge in [0, 0.05) is 37.5 Å². The minimum Gasteiger partial charge on any atom is -0.391 e. The van der Waals surface area contributed by atoms with E-state index in [2.05, 4.69) is 16.5 Å². The molecule has 0 aliphatic heterocycles. The molecule has 1 heterocycles. The SMILES string of the molecule is Cn1cc(CNC[C@H](O)C(C)(C)C)c(-c2ccc(C#N)cc2)n1. The molecule has 5 nitrogen and oxygen atoms in total. The number of nitrogens with zero attached hydrogens (tertiary/aromatic N) is 3. The van der Waals surface area contributed by atoms with E-state index in [0.29, 0.717) is 18.7 Å². The van der Waals surface area contributed by atoms with Crippen LogP contribution in [0.5, 0.6) is 0 Å². The molecule has 0 unspecified atom stereocenters. The Morgan fingerprint density at radius 2 is 1.96 bits per heavy atom. The van der Waals surface area contributed by atoms with Gasteiger partial charge in [-0.15, -0.1) is 0 Å². The zero-order chi connectivity index (χ0) is 17.0. The van der Waals surface area contributed by atoms with E-state index in [1.165, 1.54) is 0 Å². The Balaban J connectivity index is 2.10. The zero-order valence-corrected chi connectivity index (χ0v) is 14.2.